The van der Waals surface area contributed by atoms with Gasteiger partial charge in [0.05, 0.1) is 6.61 Å². The van der Waals surface area contributed by atoms with Crippen LogP contribution in [0.2, 0.25) is 0 Å². The summed E-state index contributed by atoms with van der Waals surface area (Å²) in [4.78, 5) is 22.1. The summed E-state index contributed by atoms with van der Waals surface area (Å²) in [5, 5.41) is 11.0. The molecule has 0 aromatic rings. The van der Waals surface area contributed by atoms with Crippen molar-refractivity contribution in [2.24, 2.45) is 5.16 Å². The van der Waals surface area contributed by atoms with Gasteiger partial charge in [0.15, 0.2) is 5.78 Å². The highest BCUT2D eigenvalue weighted by molar-refractivity contribution is 6.64. The minimum atomic E-state index is -0.872. The molecule has 0 atom stereocenters. The molecule has 0 rings (SSSR count). The summed E-state index contributed by atoms with van der Waals surface area (Å²) in [5.41, 5.74) is -0.524. The maximum atomic E-state index is 11.1. The largest absolute Gasteiger partial charge is 0.461 e. The molecule has 0 aliphatic heterocycles. The van der Waals surface area contributed by atoms with Gasteiger partial charge < -0.3 is 9.94 Å². The number of oxime groups is 1. The van der Waals surface area contributed by atoms with Gasteiger partial charge in [-0.15, -0.1) is 0 Å². The monoisotopic (exact) mass is 187 g/mol. The molecule has 13 heavy (non-hydrogen) atoms. The van der Waals surface area contributed by atoms with E-state index in [2.05, 4.69) is 9.89 Å². The van der Waals surface area contributed by atoms with Crippen LogP contribution in [0.25, 0.3) is 0 Å². The van der Waals surface area contributed by atoms with Gasteiger partial charge in [-0.05, 0) is 13.3 Å². The number of ketones is 1. The van der Waals surface area contributed by atoms with Crippen molar-refractivity contribution in [1.82, 2.24) is 0 Å². The van der Waals surface area contributed by atoms with Crippen molar-refractivity contribution in [3.05, 3.63) is 0 Å². The molecule has 0 saturated carbocycles. The van der Waals surface area contributed by atoms with E-state index in [1.54, 1.807) is 13.8 Å². The number of esters is 1. The van der Waals surface area contributed by atoms with Crippen molar-refractivity contribution in [1.29, 1.82) is 0 Å². The average Bonchev–Trinajstić information content (AvgIpc) is 2.06. The van der Waals surface area contributed by atoms with Crippen molar-refractivity contribution >= 4 is 17.5 Å². The Hall–Kier alpha value is -1.39. The van der Waals surface area contributed by atoms with Crippen molar-refractivity contribution in [2.75, 3.05) is 6.61 Å². The van der Waals surface area contributed by atoms with Crippen molar-refractivity contribution in [3.63, 3.8) is 0 Å². The third kappa shape index (κ3) is 3.68. The van der Waals surface area contributed by atoms with E-state index in [0.29, 0.717) is 6.42 Å². The normalized spacial score (nSPS) is 11.1. The number of carbonyl (C=O) groups excluding carboxylic acids is 2. The van der Waals surface area contributed by atoms with Gasteiger partial charge in [0.25, 0.3) is 0 Å². The summed E-state index contributed by atoms with van der Waals surface area (Å²) in [7, 11) is 0. The van der Waals surface area contributed by atoms with Gasteiger partial charge in [-0.2, -0.15) is 0 Å². The summed E-state index contributed by atoms with van der Waals surface area (Å²) < 4.78 is 4.51. The fourth-order valence-electron chi connectivity index (χ4n) is 0.755. The number of carbonyl (C=O) groups is 2. The maximum Gasteiger partial charge on any atom is 0.364 e. The van der Waals surface area contributed by atoms with Crippen molar-refractivity contribution in [2.45, 2.75) is 26.7 Å². The molecule has 5 nitrogen and oxygen atoms in total. The molecule has 5 heteroatoms. The Kier molecular flexibility index (Phi) is 5.50. The van der Waals surface area contributed by atoms with Crippen LogP contribution in [-0.4, -0.2) is 29.3 Å². The van der Waals surface area contributed by atoms with Gasteiger partial charge in [0, 0.05) is 6.42 Å². The first-order valence-electron chi connectivity index (χ1n) is 4.09. The molecule has 0 amide bonds. The molecule has 0 aliphatic rings. The summed E-state index contributed by atoms with van der Waals surface area (Å²) in [6.07, 6.45) is 0.773. The maximum absolute atomic E-state index is 11.1. The zero-order chi connectivity index (χ0) is 10.3. The molecule has 0 radical (unpaired) electrons. The second-order valence-electron chi connectivity index (χ2n) is 2.34. The minimum Gasteiger partial charge on any atom is -0.461 e. The zero-order valence-corrected chi connectivity index (χ0v) is 7.74. The van der Waals surface area contributed by atoms with Gasteiger partial charge in [-0.1, -0.05) is 12.1 Å². The molecule has 0 aromatic heterocycles. The van der Waals surface area contributed by atoms with E-state index in [4.69, 9.17) is 5.21 Å². The summed E-state index contributed by atoms with van der Waals surface area (Å²) in [5.74, 6) is -1.37. The topological polar surface area (TPSA) is 76.0 Å². The van der Waals surface area contributed by atoms with Crippen LogP contribution in [0.15, 0.2) is 5.16 Å². The van der Waals surface area contributed by atoms with E-state index in [9.17, 15) is 9.59 Å². The number of hydrogen-bond acceptors (Lipinski definition) is 5. The zero-order valence-electron chi connectivity index (χ0n) is 7.74. The SMILES string of the molecule is CCCC(=O)/C(=N/O)C(=O)OCC. The molecular weight excluding hydrogens is 174 g/mol. The molecule has 1 N–H and O–H groups in total. The Morgan fingerprint density at radius 1 is 1.38 bits per heavy atom. The third-order valence-corrected chi connectivity index (χ3v) is 1.31. The van der Waals surface area contributed by atoms with E-state index < -0.39 is 17.5 Å². The lowest BCUT2D eigenvalue weighted by molar-refractivity contribution is -0.136. The Bertz CT molecular complexity index is 202. The standard InChI is InChI=1S/C8H13NO4/c1-3-5-6(10)7(9-12)8(11)13-4-2/h12H,3-5H2,1-2H3/b9-7-. The average molecular weight is 187 g/mol. The molecule has 0 unspecified atom stereocenters. The molecule has 74 valence electrons. The second-order valence-corrected chi connectivity index (χ2v) is 2.34. The van der Waals surface area contributed by atoms with Gasteiger partial charge in [0.1, 0.15) is 0 Å². The third-order valence-electron chi connectivity index (χ3n) is 1.31. The lowest BCUT2D eigenvalue weighted by Gasteiger charge is -2.01. The number of Topliss-reactive ketones (excluding diaryl/α,β-unsaturated/α-hetero) is 1. The first-order chi connectivity index (χ1) is 6.17. The van der Waals surface area contributed by atoms with Gasteiger partial charge >= 0.3 is 5.97 Å². The number of nitrogens with zero attached hydrogens (tertiary/aromatic N) is 1. The van der Waals surface area contributed by atoms with Gasteiger partial charge in [0.2, 0.25) is 5.71 Å². The molecular formula is C8H13NO4. The van der Waals surface area contributed by atoms with Crippen LogP contribution >= 0.6 is 0 Å². The minimum absolute atomic E-state index is 0.150. The van der Waals surface area contributed by atoms with E-state index >= 15 is 0 Å². The van der Waals surface area contributed by atoms with E-state index in [1.165, 1.54) is 0 Å². The fraction of sp³-hybridized carbons (Fsp3) is 0.625. The quantitative estimate of drug-likeness (QED) is 0.226. The molecule has 0 aliphatic carbocycles. The number of hydrogen-bond donors (Lipinski definition) is 1. The van der Waals surface area contributed by atoms with Crippen LogP contribution in [0.4, 0.5) is 0 Å². The Balaban J connectivity index is 4.35. The fourth-order valence-corrected chi connectivity index (χ4v) is 0.755. The second kappa shape index (κ2) is 6.16. The van der Waals surface area contributed by atoms with E-state index in [0.717, 1.165) is 0 Å². The summed E-state index contributed by atoms with van der Waals surface area (Å²) in [6, 6.07) is 0. The molecule has 0 fully saturated rings. The van der Waals surface area contributed by atoms with Crippen molar-refractivity contribution < 1.29 is 19.5 Å². The van der Waals surface area contributed by atoms with Crippen molar-refractivity contribution in [3.8, 4) is 0 Å². The van der Waals surface area contributed by atoms with Crippen LogP contribution in [-0.2, 0) is 14.3 Å². The first-order valence-corrected chi connectivity index (χ1v) is 4.09. The molecule has 0 aromatic carbocycles. The Labute approximate surface area is 76.4 Å². The highest BCUT2D eigenvalue weighted by Crippen LogP contribution is 1.95. The Morgan fingerprint density at radius 2 is 2.00 bits per heavy atom. The van der Waals surface area contributed by atoms with Crippen LogP contribution < -0.4 is 0 Å². The molecule has 0 heterocycles. The molecule has 0 spiro atoms. The number of rotatable bonds is 5. The first kappa shape index (κ1) is 11.6. The lowest BCUT2D eigenvalue weighted by Crippen LogP contribution is -2.26. The van der Waals surface area contributed by atoms with E-state index in [-0.39, 0.29) is 13.0 Å². The predicted octanol–water partition coefficient (Wildman–Crippen LogP) is 0.749. The summed E-state index contributed by atoms with van der Waals surface area (Å²) in [6.45, 7) is 3.55. The predicted molar refractivity (Wildman–Crippen MR) is 45.8 cm³/mol. The smallest absolute Gasteiger partial charge is 0.364 e. The summed E-state index contributed by atoms with van der Waals surface area (Å²) >= 11 is 0. The van der Waals surface area contributed by atoms with Gasteiger partial charge in [-0.3, -0.25) is 4.79 Å². The molecule has 0 bridgehead atoms. The van der Waals surface area contributed by atoms with Crippen LogP contribution in [0.3, 0.4) is 0 Å². The van der Waals surface area contributed by atoms with Crippen LogP contribution in [0, 0.1) is 0 Å². The highest BCUT2D eigenvalue weighted by Gasteiger charge is 2.21. The highest BCUT2D eigenvalue weighted by atomic mass is 16.5. The Morgan fingerprint density at radius 3 is 2.38 bits per heavy atom. The van der Waals surface area contributed by atoms with E-state index in [1.807, 2.05) is 0 Å². The van der Waals surface area contributed by atoms with Gasteiger partial charge in [-0.25, -0.2) is 4.79 Å². The van der Waals surface area contributed by atoms with Crippen LogP contribution in [0.5, 0.6) is 0 Å². The lowest BCUT2D eigenvalue weighted by atomic mass is 10.1. The van der Waals surface area contributed by atoms with Crippen LogP contribution in [0.1, 0.15) is 26.7 Å². The molecule has 0 saturated heterocycles. The number of ether oxygens (including phenoxy) is 1.